The molecule has 1 aliphatic rings. The normalized spacial score (nSPS) is 16.1. The molecular formula is C25H28ClN5O3. The first-order chi connectivity index (χ1) is 16.3. The van der Waals surface area contributed by atoms with Crippen molar-refractivity contribution in [1.82, 2.24) is 24.6 Å². The summed E-state index contributed by atoms with van der Waals surface area (Å²) in [6.07, 6.45) is 1.50. The Morgan fingerprint density at radius 1 is 1.12 bits per heavy atom. The van der Waals surface area contributed by atoms with Crippen molar-refractivity contribution in [1.29, 1.82) is 0 Å². The van der Waals surface area contributed by atoms with Gasteiger partial charge in [-0.3, -0.25) is 9.59 Å². The Labute approximate surface area is 204 Å². The summed E-state index contributed by atoms with van der Waals surface area (Å²) < 4.78 is 7.28. The van der Waals surface area contributed by atoms with Crippen LogP contribution < -0.4 is 4.74 Å². The molecule has 0 spiro atoms. The van der Waals surface area contributed by atoms with Crippen molar-refractivity contribution in [2.75, 3.05) is 26.2 Å². The molecule has 0 aliphatic carbocycles. The number of nitrogens with zero attached hydrogens (tertiary/aromatic N) is 5. The van der Waals surface area contributed by atoms with E-state index in [-0.39, 0.29) is 23.7 Å². The van der Waals surface area contributed by atoms with Gasteiger partial charge in [0, 0.05) is 36.3 Å². The van der Waals surface area contributed by atoms with Crippen LogP contribution in [0.3, 0.4) is 0 Å². The van der Waals surface area contributed by atoms with Gasteiger partial charge in [0.15, 0.2) is 0 Å². The standard InChI is InChI=1S/C25H28ClN5O3/c1-17(2)15-34-22-9-4-6-19(12-22)24(32)29-10-11-30(18(3)14-29)25(33)23-27-16-31(28-23)21-8-5-7-20(26)13-21/h4-9,12-13,16-18H,10-11,14-15H2,1-3H3. The van der Waals surface area contributed by atoms with Crippen LogP contribution in [-0.4, -0.2) is 68.7 Å². The molecule has 178 valence electrons. The number of amides is 2. The predicted molar refractivity (Wildman–Crippen MR) is 130 cm³/mol. The predicted octanol–water partition coefficient (Wildman–Crippen LogP) is 3.94. The van der Waals surface area contributed by atoms with Gasteiger partial charge in [0.1, 0.15) is 12.1 Å². The molecule has 1 unspecified atom stereocenters. The van der Waals surface area contributed by atoms with Gasteiger partial charge < -0.3 is 14.5 Å². The van der Waals surface area contributed by atoms with Crippen LogP contribution in [0, 0.1) is 5.92 Å². The van der Waals surface area contributed by atoms with Crippen molar-refractivity contribution in [3.63, 3.8) is 0 Å². The molecule has 0 N–H and O–H groups in total. The molecule has 4 rings (SSSR count). The van der Waals surface area contributed by atoms with Gasteiger partial charge in [0.2, 0.25) is 5.82 Å². The van der Waals surface area contributed by atoms with E-state index in [1.54, 1.807) is 34.1 Å². The van der Waals surface area contributed by atoms with Gasteiger partial charge in [-0.2, -0.15) is 0 Å². The lowest BCUT2D eigenvalue weighted by Crippen LogP contribution is -2.55. The molecule has 9 heteroatoms. The molecule has 8 nitrogen and oxygen atoms in total. The number of benzene rings is 2. The minimum Gasteiger partial charge on any atom is -0.493 e. The summed E-state index contributed by atoms with van der Waals surface area (Å²) in [5.74, 6) is 0.864. The lowest BCUT2D eigenvalue weighted by atomic mass is 10.1. The summed E-state index contributed by atoms with van der Waals surface area (Å²) in [5, 5.41) is 4.91. The SMILES string of the molecule is CC(C)COc1cccc(C(=O)N2CCN(C(=O)c3ncn(-c4cccc(Cl)c4)n3)C(C)C2)c1. The van der Waals surface area contributed by atoms with Gasteiger partial charge >= 0.3 is 0 Å². The molecule has 34 heavy (non-hydrogen) atoms. The molecular weight excluding hydrogens is 454 g/mol. The zero-order chi connectivity index (χ0) is 24.2. The first-order valence-corrected chi connectivity index (χ1v) is 11.7. The van der Waals surface area contributed by atoms with E-state index in [1.807, 2.05) is 31.2 Å². The summed E-state index contributed by atoms with van der Waals surface area (Å²) in [4.78, 5) is 33.9. The second-order valence-corrected chi connectivity index (χ2v) is 9.26. The average molecular weight is 482 g/mol. The highest BCUT2D eigenvalue weighted by Gasteiger charge is 2.32. The Hall–Kier alpha value is -3.39. The van der Waals surface area contributed by atoms with Crippen LogP contribution in [0.15, 0.2) is 54.9 Å². The van der Waals surface area contributed by atoms with Crippen LogP contribution in [0.5, 0.6) is 5.75 Å². The number of hydrogen-bond acceptors (Lipinski definition) is 5. The summed E-state index contributed by atoms with van der Waals surface area (Å²) in [6.45, 7) is 7.94. The molecule has 2 aromatic carbocycles. The van der Waals surface area contributed by atoms with Gasteiger partial charge in [0.25, 0.3) is 11.8 Å². The van der Waals surface area contributed by atoms with Crippen LogP contribution in [0.4, 0.5) is 0 Å². The van der Waals surface area contributed by atoms with E-state index in [0.29, 0.717) is 48.5 Å². The monoisotopic (exact) mass is 481 g/mol. The van der Waals surface area contributed by atoms with Gasteiger partial charge in [-0.1, -0.05) is 37.6 Å². The highest BCUT2D eigenvalue weighted by Crippen LogP contribution is 2.20. The number of ether oxygens (including phenoxy) is 1. The molecule has 1 fully saturated rings. The summed E-state index contributed by atoms with van der Waals surface area (Å²) >= 11 is 6.05. The van der Waals surface area contributed by atoms with E-state index in [1.165, 1.54) is 11.0 Å². The van der Waals surface area contributed by atoms with Crippen LogP contribution in [0.2, 0.25) is 5.02 Å². The number of aromatic nitrogens is 3. The van der Waals surface area contributed by atoms with Crippen LogP contribution in [-0.2, 0) is 0 Å². The minimum atomic E-state index is -0.260. The van der Waals surface area contributed by atoms with Crippen molar-refractivity contribution in [3.8, 4) is 11.4 Å². The van der Waals surface area contributed by atoms with Gasteiger partial charge in [-0.05, 0) is 49.2 Å². The smallest absolute Gasteiger partial charge is 0.293 e. The topological polar surface area (TPSA) is 80.6 Å². The van der Waals surface area contributed by atoms with E-state index in [2.05, 4.69) is 23.9 Å². The molecule has 1 aromatic heterocycles. The Morgan fingerprint density at radius 2 is 1.91 bits per heavy atom. The van der Waals surface area contributed by atoms with E-state index < -0.39 is 0 Å². The summed E-state index contributed by atoms with van der Waals surface area (Å²) in [5.41, 5.74) is 1.30. The third kappa shape index (κ3) is 5.39. The number of carbonyl (C=O) groups is 2. The zero-order valence-electron chi connectivity index (χ0n) is 19.5. The highest BCUT2D eigenvalue weighted by atomic mass is 35.5. The second-order valence-electron chi connectivity index (χ2n) is 8.82. The number of carbonyl (C=O) groups excluding carboxylic acids is 2. The first-order valence-electron chi connectivity index (χ1n) is 11.3. The summed E-state index contributed by atoms with van der Waals surface area (Å²) in [6, 6.07) is 14.2. The van der Waals surface area contributed by atoms with Crippen molar-refractivity contribution in [2.24, 2.45) is 5.92 Å². The Balaban J connectivity index is 1.40. The molecule has 1 aliphatic heterocycles. The van der Waals surface area contributed by atoms with E-state index in [0.717, 1.165) is 5.69 Å². The van der Waals surface area contributed by atoms with E-state index >= 15 is 0 Å². The highest BCUT2D eigenvalue weighted by molar-refractivity contribution is 6.30. The third-order valence-electron chi connectivity index (χ3n) is 5.60. The quantitative estimate of drug-likeness (QED) is 0.532. The lowest BCUT2D eigenvalue weighted by molar-refractivity contribution is 0.0407. The van der Waals surface area contributed by atoms with Gasteiger partial charge in [0.05, 0.1) is 12.3 Å². The molecule has 0 saturated carbocycles. The fourth-order valence-corrected chi connectivity index (χ4v) is 4.03. The van der Waals surface area contributed by atoms with Gasteiger partial charge in [-0.25, -0.2) is 9.67 Å². The number of halogens is 1. The van der Waals surface area contributed by atoms with Crippen molar-refractivity contribution >= 4 is 23.4 Å². The van der Waals surface area contributed by atoms with Crippen molar-refractivity contribution in [2.45, 2.75) is 26.8 Å². The zero-order valence-corrected chi connectivity index (χ0v) is 20.3. The molecule has 1 atom stereocenters. The maximum atomic E-state index is 13.1. The number of hydrogen-bond donors (Lipinski definition) is 0. The molecule has 0 radical (unpaired) electrons. The average Bonchev–Trinajstić information content (AvgIpc) is 3.32. The molecule has 0 bridgehead atoms. The Kier molecular flexibility index (Phi) is 7.17. The number of piperazine rings is 1. The third-order valence-corrected chi connectivity index (χ3v) is 5.83. The Morgan fingerprint density at radius 3 is 2.65 bits per heavy atom. The van der Waals surface area contributed by atoms with Crippen LogP contribution in [0.1, 0.15) is 41.7 Å². The first kappa shape index (κ1) is 23.8. The van der Waals surface area contributed by atoms with Gasteiger partial charge in [-0.15, -0.1) is 5.10 Å². The van der Waals surface area contributed by atoms with Crippen LogP contribution >= 0.6 is 11.6 Å². The van der Waals surface area contributed by atoms with E-state index in [9.17, 15) is 9.59 Å². The largest absolute Gasteiger partial charge is 0.493 e. The maximum Gasteiger partial charge on any atom is 0.293 e. The molecule has 2 amide bonds. The maximum absolute atomic E-state index is 13.1. The molecule has 2 heterocycles. The van der Waals surface area contributed by atoms with Crippen molar-refractivity contribution in [3.05, 3.63) is 71.3 Å². The fourth-order valence-electron chi connectivity index (χ4n) is 3.84. The van der Waals surface area contributed by atoms with Crippen LogP contribution in [0.25, 0.3) is 5.69 Å². The Bertz CT molecular complexity index is 1180. The van der Waals surface area contributed by atoms with E-state index in [4.69, 9.17) is 16.3 Å². The molecule has 3 aromatic rings. The summed E-state index contributed by atoms with van der Waals surface area (Å²) in [7, 11) is 0. The second kappa shape index (κ2) is 10.3. The van der Waals surface area contributed by atoms with Crippen molar-refractivity contribution < 1.29 is 14.3 Å². The minimum absolute atomic E-state index is 0.0719. The lowest BCUT2D eigenvalue weighted by Gasteiger charge is -2.39. The molecule has 1 saturated heterocycles. The fraction of sp³-hybridized carbons (Fsp3) is 0.360. The number of rotatable bonds is 6.